The molecular formula is C20H31NO3. The van der Waals surface area contributed by atoms with Crippen LogP contribution in [0.2, 0.25) is 0 Å². The third-order valence-corrected chi connectivity index (χ3v) is 5.17. The summed E-state index contributed by atoms with van der Waals surface area (Å²) in [5, 5.41) is 0. The topological polar surface area (TPSA) is 38.8 Å². The number of ether oxygens (including phenoxy) is 2. The maximum Gasteiger partial charge on any atom is 0.226 e. The molecule has 1 heterocycles. The van der Waals surface area contributed by atoms with Gasteiger partial charge in [0.2, 0.25) is 5.91 Å². The van der Waals surface area contributed by atoms with Gasteiger partial charge in [-0.2, -0.15) is 0 Å². The van der Waals surface area contributed by atoms with Crippen molar-refractivity contribution < 1.29 is 14.3 Å². The summed E-state index contributed by atoms with van der Waals surface area (Å²) in [5.74, 6) is 2.25. The van der Waals surface area contributed by atoms with E-state index >= 15 is 0 Å². The van der Waals surface area contributed by atoms with Crippen molar-refractivity contribution in [3.8, 4) is 11.5 Å². The molecule has 1 atom stereocenters. The Morgan fingerprint density at radius 2 is 1.75 bits per heavy atom. The number of methoxy groups -OCH3 is 2. The lowest BCUT2D eigenvalue weighted by Gasteiger charge is -2.41. The molecule has 0 spiro atoms. The van der Waals surface area contributed by atoms with Crippen molar-refractivity contribution in [3.05, 3.63) is 23.3 Å². The highest BCUT2D eigenvalue weighted by molar-refractivity contribution is 5.79. The Kier molecular flexibility index (Phi) is 6.14. The summed E-state index contributed by atoms with van der Waals surface area (Å²) in [5.41, 5.74) is 2.47. The minimum absolute atomic E-state index is 0.0988. The first kappa shape index (κ1) is 18.6. The standard InChI is InChI=1S/C20H31NO3/c1-7-14(8-2)20(22)21-10-9-15-11-17(23-5)18(24-6)12-16(15)19(21)13(3)4/h11-14,19H,7-10H2,1-6H3. The molecule has 0 N–H and O–H groups in total. The predicted octanol–water partition coefficient (Wildman–Crippen LogP) is 4.22. The summed E-state index contributed by atoms with van der Waals surface area (Å²) in [4.78, 5) is 15.1. The van der Waals surface area contributed by atoms with E-state index in [1.165, 1.54) is 11.1 Å². The molecule has 1 aliphatic heterocycles. The summed E-state index contributed by atoms with van der Waals surface area (Å²) in [7, 11) is 3.32. The molecule has 2 rings (SSSR count). The van der Waals surface area contributed by atoms with E-state index < -0.39 is 0 Å². The number of rotatable bonds is 6. The minimum Gasteiger partial charge on any atom is -0.493 e. The van der Waals surface area contributed by atoms with Gasteiger partial charge in [-0.15, -0.1) is 0 Å². The largest absolute Gasteiger partial charge is 0.493 e. The van der Waals surface area contributed by atoms with Gasteiger partial charge in [0.25, 0.3) is 0 Å². The van der Waals surface area contributed by atoms with Crippen LogP contribution < -0.4 is 9.47 Å². The zero-order chi connectivity index (χ0) is 17.9. The predicted molar refractivity (Wildman–Crippen MR) is 96.6 cm³/mol. The zero-order valence-electron chi connectivity index (χ0n) is 15.9. The van der Waals surface area contributed by atoms with Gasteiger partial charge in [-0.05, 0) is 48.4 Å². The van der Waals surface area contributed by atoms with E-state index in [2.05, 4.69) is 44.7 Å². The molecule has 0 saturated carbocycles. The second kappa shape index (κ2) is 7.91. The van der Waals surface area contributed by atoms with Crippen molar-refractivity contribution in [3.63, 3.8) is 0 Å². The molecule has 1 amide bonds. The summed E-state index contributed by atoms with van der Waals surface area (Å²) in [6.07, 6.45) is 2.66. The van der Waals surface area contributed by atoms with Gasteiger partial charge in [-0.1, -0.05) is 27.7 Å². The molecule has 0 radical (unpaired) electrons. The Hall–Kier alpha value is -1.71. The minimum atomic E-state index is 0.0988. The van der Waals surface area contributed by atoms with Crippen LogP contribution in [-0.2, 0) is 11.2 Å². The Balaban J connectivity index is 2.46. The fraction of sp³-hybridized carbons (Fsp3) is 0.650. The number of carbonyl (C=O) groups excluding carboxylic acids is 1. The third-order valence-electron chi connectivity index (χ3n) is 5.17. The summed E-state index contributed by atoms with van der Waals surface area (Å²) in [6, 6.07) is 4.23. The fourth-order valence-corrected chi connectivity index (χ4v) is 3.82. The smallest absolute Gasteiger partial charge is 0.226 e. The van der Waals surface area contributed by atoms with E-state index in [1.807, 2.05) is 0 Å². The molecule has 1 aromatic carbocycles. The summed E-state index contributed by atoms with van der Waals surface area (Å²) >= 11 is 0. The second-order valence-electron chi connectivity index (χ2n) is 6.89. The molecule has 0 aromatic heterocycles. The monoisotopic (exact) mass is 333 g/mol. The highest BCUT2D eigenvalue weighted by Gasteiger charge is 2.35. The Morgan fingerprint density at radius 3 is 2.25 bits per heavy atom. The number of benzene rings is 1. The SMILES string of the molecule is CCC(CC)C(=O)N1CCc2cc(OC)c(OC)cc2C1C(C)C. The van der Waals surface area contributed by atoms with Gasteiger partial charge in [0.1, 0.15) is 0 Å². The maximum absolute atomic E-state index is 13.0. The van der Waals surface area contributed by atoms with Crippen LogP contribution in [0.25, 0.3) is 0 Å². The lowest BCUT2D eigenvalue weighted by Crippen LogP contribution is -2.44. The molecule has 0 fully saturated rings. The van der Waals surface area contributed by atoms with Crippen LogP contribution in [-0.4, -0.2) is 31.6 Å². The van der Waals surface area contributed by atoms with Crippen molar-refractivity contribution in [2.75, 3.05) is 20.8 Å². The van der Waals surface area contributed by atoms with Gasteiger partial charge in [-0.25, -0.2) is 0 Å². The molecule has 4 nitrogen and oxygen atoms in total. The number of fused-ring (bicyclic) bond motifs is 1. The van der Waals surface area contributed by atoms with Gasteiger partial charge >= 0.3 is 0 Å². The molecule has 1 unspecified atom stereocenters. The van der Waals surface area contributed by atoms with Crippen LogP contribution in [0.4, 0.5) is 0 Å². The summed E-state index contributed by atoms with van der Waals surface area (Å²) in [6.45, 7) is 9.35. The van der Waals surface area contributed by atoms with Crippen LogP contribution in [0.5, 0.6) is 11.5 Å². The molecule has 0 aliphatic carbocycles. The van der Waals surface area contributed by atoms with Gasteiger partial charge in [0.05, 0.1) is 20.3 Å². The number of hydrogen-bond acceptors (Lipinski definition) is 3. The van der Waals surface area contributed by atoms with E-state index in [4.69, 9.17) is 9.47 Å². The van der Waals surface area contributed by atoms with Gasteiger partial charge in [0.15, 0.2) is 11.5 Å². The van der Waals surface area contributed by atoms with E-state index in [-0.39, 0.29) is 12.0 Å². The van der Waals surface area contributed by atoms with Gasteiger partial charge < -0.3 is 14.4 Å². The van der Waals surface area contributed by atoms with Crippen molar-refractivity contribution >= 4 is 5.91 Å². The second-order valence-corrected chi connectivity index (χ2v) is 6.89. The molecule has 1 aromatic rings. The molecular weight excluding hydrogens is 302 g/mol. The van der Waals surface area contributed by atoms with Crippen LogP contribution >= 0.6 is 0 Å². The Labute approximate surface area is 146 Å². The first-order valence-electron chi connectivity index (χ1n) is 9.03. The molecule has 134 valence electrons. The quantitative estimate of drug-likeness (QED) is 0.782. The number of nitrogens with zero attached hydrogens (tertiary/aromatic N) is 1. The highest BCUT2D eigenvalue weighted by Crippen LogP contribution is 2.41. The first-order valence-corrected chi connectivity index (χ1v) is 9.03. The van der Waals surface area contributed by atoms with Crippen LogP contribution in [0.15, 0.2) is 12.1 Å². The van der Waals surface area contributed by atoms with Crippen LogP contribution in [0, 0.1) is 11.8 Å². The molecule has 1 aliphatic rings. The van der Waals surface area contributed by atoms with E-state index in [1.54, 1.807) is 14.2 Å². The Bertz CT molecular complexity index is 578. The number of hydrogen-bond donors (Lipinski definition) is 0. The molecule has 0 saturated heterocycles. The number of amides is 1. The fourth-order valence-electron chi connectivity index (χ4n) is 3.82. The van der Waals surface area contributed by atoms with Crippen LogP contribution in [0.1, 0.15) is 57.7 Å². The lowest BCUT2D eigenvalue weighted by molar-refractivity contribution is -0.139. The average Bonchev–Trinajstić information content (AvgIpc) is 2.59. The van der Waals surface area contributed by atoms with Gasteiger partial charge in [0, 0.05) is 12.5 Å². The lowest BCUT2D eigenvalue weighted by atomic mass is 9.84. The van der Waals surface area contributed by atoms with Crippen molar-refractivity contribution in [2.24, 2.45) is 11.8 Å². The molecule has 4 heteroatoms. The van der Waals surface area contributed by atoms with E-state index in [0.717, 1.165) is 37.3 Å². The zero-order valence-corrected chi connectivity index (χ0v) is 15.9. The van der Waals surface area contributed by atoms with Crippen LogP contribution in [0.3, 0.4) is 0 Å². The normalized spacial score (nSPS) is 17.2. The van der Waals surface area contributed by atoms with Crippen molar-refractivity contribution in [1.29, 1.82) is 0 Å². The Morgan fingerprint density at radius 1 is 1.17 bits per heavy atom. The van der Waals surface area contributed by atoms with E-state index in [0.29, 0.717) is 11.8 Å². The number of carbonyl (C=O) groups is 1. The van der Waals surface area contributed by atoms with Gasteiger partial charge in [-0.3, -0.25) is 4.79 Å². The first-order chi connectivity index (χ1) is 11.5. The van der Waals surface area contributed by atoms with Crippen molar-refractivity contribution in [2.45, 2.75) is 53.0 Å². The highest BCUT2D eigenvalue weighted by atomic mass is 16.5. The summed E-state index contributed by atoms with van der Waals surface area (Å²) < 4.78 is 10.9. The average molecular weight is 333 g/mol. The third kappa shape index (κ3) is 3.38. The molecule has 0 bridgehead atoms. The molecule has 24 heavy (non-hydrogen) atoms. The van der Waals surface area contributed by atoms with E-state index in [9.17, 15) is 4.79 Å². The van der Waals surface area contributed by atoms with Crippen molar-refractivity contribution in [1.82, 2.24) is 4.90 Å². The maximum atomic E-state index is 13.0.